The van der Waals surface area contributed by atoms with Gasteiger partial charge in [-0.05, 0) is 183 Å². The topological polar surface area (TPSA) is 77.5 Å². The van der Waals surface area contributed by atoms with Gasteiger partial charge < -0.3 is 28.7 Å². The fourth-order valence-corrected chi connectivity index (χ4v) is 7.83. The second-order valence-corrected chi connectivity index (χ2v) is 16.8. The maximum Gasteiger partial charge on any atom is 0.333 e. The van der Waals surface area contributed by atoms with E-state index in [1.54, 1.807) is 13.8 Å². The van der Waals surface area contributed by atoms with E-state index >= 15 is 0 Å². The van der Waals surface area contributed by atoms with Crippen molar-refractivity contribution in [3.05, 3.63) is 179 Å². The molecule has 6 aromatic rings. The molecule has 0 amide bonds. The molecule has 0 atom stereocenters. The highest BCUT2D eigenvalue weighted by Gasteiger charge is 2.37. The van der Waals surface area contributed by atoms with E-state index in [0.717, 1.165) is 34.1 Å². The Hall–Kier alpha value is -7.06. The molecule has 0 saturated carbocycles. The van der Waals surface area contributed by atoms with Gasteiger partial charge in [0.05, 0.1) is 0 Å². The quantitative estimate of drug-likeness (QED) is 0.0542. The summed E-state index contributed by atoms with van der Waals surface area (Å²) in [5.41, 5.74) is 16.4. The first-order valence-electron chi connectivity index (χ1n) is 21.3. The zero-order valence-electron chi connectivity index (χ0n) is 37.6. The van der Waals surface area contributed by atoms with Crippen LogP contribution in [0.4, 0.5) is 34.1 Å². The number of ether oxygens (including phenoxy) is 4. The number of hydrogen-bond acceptors (Lipinski definition) is 8. The van der Waals surface area contributed by atoms with Crippen molar-refractivity contribution in [2.45, 2.75) is 60.8 Å². The van der Waals surface area contributed by atoms with Gasteiger partial charge in [0.15, 0.2) is 0 Å². The summed E-state index contributed by atoms with van der Waals surface area (Å²) < 4.78 is 22.2. The molecule has 1 aliphatic carbocycles. The Balaban J connectivity index is 1.20. The Labute approximate surface area is 372 Å². The standard InChI is InChI=1S/C55H56N2O6/c1-35(2)53(58)62-29-27-60-47-21-15-41(16-22-47)56(43-13-11-37(5)39(7)31-43)45-19-25-49-50-26-20-46(34-52(50)55(9,10)51(49)33-45)57(44-14-12-38(6)40(8)32-44)42-17-23-48(24-18-42)61-28-30-63-54(59)36(3)4/h11-26,31-34H,1,3,27-30H2,2,4-10H3. The molecule has 322 valence electrons. The van der Waals surface area contributed by atoms with Crippen LogP contribution in [0.25, 0.3) is 11.1 Å². The van der Waals surface area contributed by atoms with Crippen LogP contribution < -0.4 is 19.3 Å². The number of carbonyl (C=O) groups is 2. The molecule has 1 aliphatic rings. The van der Waals surface area contributed by atoms with Crippen molar-refractivity contribution in [1.29, 1.82) is 0 Å². The van der Waals surface area contributed by atoms with Crippen molar-refractivity contribution in [1.82, 2.24) is 0 Å². The Morgan fingerprint density at radius 3 is 1.14 bits per heavy atom. The molecule has 8 nitrogen and oxygen atoms in total. The summed E-state index contributed by atoms with van der Waals surface area (Å²) in [6.07, 6.45) is 0. The van der Waals surface area contributed by atoms with Crippen LogP contribution in [0.3, 0.4) is 0 Å². The number of aryl methyl sites for hydroxylation is 4. The summed E-state index contributed by atoms with van der Waals surface area (Å²) in [5.74, 6) is 0.519. The number of rotatable bonds is 16. The van der Waals surface area contributed by atoms with Crippen LogP contribution in [-0.4, -0.2) is 38.4 Å². The third-order valence-corrected chi connectivity index (χ3v) is 11.7. The third kappa shape index (κ3) is 9.56. The van der Waals surface area contributed by atoms with E-state index in [-0.39, 0.29) is 31.8 Å². The predicted octanol–water partition coefficient (Wildman–Crippen LogP) is 13.2. The summed E-state index contributed by atoms with van der Waals surface area (Å²) in [6.45, 7) is 24.4. The van der Waals surface area contributed by atoms with Gasteiger partial charge in [0.2, 0.25) is 0 Å². The Morgan fingerprint density at radius 1 is 0.460 bits per heavy atom. The van der Waals surface area contributed by atoms with Crippen LogP contribution in [0.5, 0.6) is 11.5 Å². The van der Waals surface area contributed by atoms with Gasteiger partial charge in [0, 0.05) is 50.7 Å². The van der Waals surface area contributed by atoms with Gasteiger partial charge in [0.25, 0.3) is 0 Å². The summed E-state index contributed by atoms with van der Waals surface area (Å²) in [5, 5.41) is 0. The highest BCUT2D eigenvalue weighted by Crippen LogP contribution is 2.52. The fourth-order valence-electron chi connectivity index (χ4n) is 7.83. The minimum atomic E-state index is -0.425. The molecule has 0 aromatic heterocycles. The minimum absolute atomic E-state index is 0.141. The Morgan fingerprint density at radius 2 is 0.794 bits per heavy atom. The molecule has 0 N–H and O–H groups in total. The molecule has 63 heavy (non-hydrogen) atoms. The monoisotopic (exact) mass is 840 g/mol. The fraction of sp³-hybridized carbons (Fsp3) is 0.236. The number of fused-ring (bicyclic) bond motifs is 3. The number of anilines is 6. The first kappa shape index (κ1) is 44.0. The molecule has 0 radical (unpaired) electrons. The van der Waals surface area contributed by atoms with Gasteiger partial charge in [-0.1, -0.05) is 51.3 Å². The van der Waals surface area contributed by atoms with E-state index in [4.69, 9.17) is 18.9 Å². The van der Waals surface area contributed by atoms with Crippen LogP contribution >= 0.6 is 0 Å². The van der Waals surface area contributed by atoms with Gasteiger partial charge in [-0.2, -0.15) is 0 Å². The molecule has 6 aromatic carbocycles. The molecule has 0 heterocycles. The average molecular weight is 841 g/mol. The summed E-state index contributed by atoms with van der Waals surface area (Å²) in [7, 11) is 0. The minimum Gasteiger partial charge on any atom is -0.490 e. The Kier molecular flexibility index (Phi) is 12.9. The largest absolute Gasteiger partial charge is 0.490 e. The molecule has 0 bridgehead atoms. The average Bonchev–Trinajstić information content (AvgIpc) is 3.49. The summed E-state index contributed by atoms with van der Waals surface area (Å²) in [6, 6.07) is 42.8. The number of benzene rings is 6. The van der Waals surface area contributed by atoms with E-state index in [2.05, 4.69) is 162 Å². The predicted molar refractivity (Wildman–Crippen MR) is 255 cm³/mol. The van der Waals surface area contributed by atoms with Gasteiger partial charge in [-0.15, -0.1) is 0 Å². The highest BCUT2D eigenvalue weighted by atomic mass is 16.6. The van der Waals surface area contributed by atoms with Gasteiger partial charge in [-0.25, -0.2) is 9.59 Å². The van der Waals surface area contributed by atoms with Gasteiger partial charge in [-0.3, -0.25) is 0 Å². The molecule has 7 rings (SSSR count). The molecule has 0 aliphatic heterocycles. The molecule has 8 heteroatoms. The molecule has 0 saturated heterocycles. The maximum absolute atomic E-state index is 11.8. The van der Waals surface area contributed by atoms with Crippen molar-refractivity contribution in [3.63, 3.8) is 0 Å². The van der Waals surface area contributed by atoms with Crippen LogP contribution in [-0.2, 0) is 24.5 Å². The number of esters is 2. The molecule has 0 unspecified atom stereocenters. The highest BCUT2D eigenvalue weighted by molar-refractivity contribution is 5.89. The number of carbonyl (C=O) groups excluding carboxylic acids is 2. The smallest absolute Gasteiger partial charge is 0.333 e. The summed E-state index contributed by atoms with van der Waals surface area (Å²) in [4.78, 5) is 28.2. The Bertz CT molecular complexity index is 2510. The van der Waals surface area contributed by atoms with Gasteiger partial charge >= 0.3 is 11.9 Å². The van der Waals surface area contributed by atoms with Crippen LogP contribution in [0.1, 0.15) is 61.1 Å². The van der Waals surface area contributed by atoms with Crippen molar-refractivity contribution in [2.75, 3.05) is 36.2 Å². The van der Waals surface area contributed by atoms with E-state index < -0.39 is 11.9 Å². The van der Waals surface area contributed by atoms with Gasteiger partial charge in [0.1, 0.15) is 37.9 Å². The van der Waals surface area contributed by atoms with Crippen molar-refractivity contribution in [3.8, 4) is 22.6 Å². The van der Waals surface area contributed by atoms with Crippen LogP contribution in [0, 0.1) is 27.7 Å². The lowest BCUT2D eigenvalue weighted by atomic mass is 9.82. The lowest BCUT2D eigenvalue weighted by Gasteiger charge is -2.29. The van der Waals surface area contributed by atoms with Crippen molar-refractivity contribution >= 4 is 46.1 Å². The van der Waals surface area contributed by atoms with Crippen molar-refractivity contribution in [2.24, 2.45) is 0 Å². The maximum atomic E-state index is 11.8. The SMILES string of the molecule is C=C(C)C(=O)OCCOc1ccc(N(c2ccc(C)c(C)c2)c2ccc3c(c2)C(C)(C)c2cc(N(c4ccc(OCCOC(=O)C(=C)C)cc4)c4ccc(C)c(C)c4)ccc2-3)cc1. The van der Waals surface area contributed by atoms with Crippen LogP contribution in [0.15, 0.2) is 146 Å². The first-order valence-corrected chi connectivity index (χ1v) is 21.3. The van der Waals surface area contributed by atoms with Crippen molar-refractivity contribution < 1.29 is 28.5 Å². The molecule has 0 spiro atoms. The number of nitrogens with zero attached hydrogens (tertiary/aromatic N) is 2. The molecular formula is C55H56N2O6. The zero-order chi connectivity index (χ0) is 45.0. The van der Waals surface area contributed by atoms with E-state index in [1.165, 1.54) is 44.5 Å². The third-order valence-electron chi connectivity index (χ3n) is 11.7. The molecule has 0 fully saturated rings. The first-order chi connectivity index (χ1) is 30.1. The number of hydrogen-bond donors (Lipinski definition) is 0. The second-order valence-electron chi connectivity index (χ2n) is 16.8. The van der Waals surface area contributed by atoms with Crippen LogP contribution in [0.2, 0.25) is 0 Å². The molecular weight excluding hydrogens is 785 g/mol. The lowest BCUT2D eigenvalue weighted by molar-refractivity contribution is -0.140. The lowest BCUT2D eigenvalue weighted by Crippen LogP contribution is -2.18. The van der Waals surface area contributed by atoms with E-state index in [0.29, 0.717) is 22.6 Å². The van der Waals surface area contributed by atoms with E-state index in [9.17, 15) is 9.59 Å². The second kappa shape index (κ2) is 18.5. The zero-order valence-corrected chi connectivity index (χ0v) is 37.6. The van der Waals surface area contributed by atoms with E-state index in [1.807, 2.05) is 24.3 Å². The summed E-state index contributed by atoms with van der Waals surface area (Å²) >= 11 is 0. The normalized spacial score (nSPS) is 12.1.